The molecule has 3 heterocycles. The lowest BCUT2D eigenvalue weighted by molar-refractivity contribution is -0.143. The molecule has 10 heteroatoms. The molecule has 37 heavy (non-hydrogen) atoms. The fraction of sp³-hybridized carbons (Fsp3) is 0.333. The van der Waals surface area contributed by atoms with Gasteiger partial charge in [0.05, 0.1) is 18.8 Å². The maximum atomic E-state index is 13.3. The molecule has 1 saturated heterocycles. The van der Waals surface area contributed by atoms with Gasteiger partial charge in [0.2, 0.25) is 0 Å². The molecule has 1 N–H and O–H groups in total. The zero-order valence-corrected chi connectivity index (χ0v) is 20.9. The van der Waals surface area contributed by atoms with Crippen molar-refractivity contribution in [2.45, 2.75) is 19.2 Å². The molecule has 2 aliphatic rings. The van der Waals surface area contributed by atoms with Gasteiger partial charge in [0.15, 0.2) is 11.9 Å². The molecule has 0 saturated carbocycles. The van der Waals surface area contributed by atoms with E-state index >= 15 is 0 Å². The summed E-state index contributed by atoms with van der Waals surface area (Å²) in [6.07, 6.45) is 0.994. The molecule has 5 rings (SSSR count). The first-order valence-electron chi connectivity index (χ1n) is 12.2. The number of hydrogen-bond acceptors (Lipinski definition) is 7. The van der Waals surface area contributed by atoms with Crippen molar-refractivity contribution in [2.24, 2.45) is 0 Å². The third-order valence-corrected chi connectivity index (χ3v) is 6.97. The summed E-state index contributed by atoms with van der Waals surface area (Å²) in [6, 6.07) is 16.7. The van der Waals surface area contributed by atoms with Crippen molar-refractivity contribution in [3.05, 3.63) is 77.0 Å². The molecule has 1 radical (unpaired) electrons. The van der Waals surface area contributed by atoms with Gasteiger partial charge >= 0.3 is 6.41 Å². The first-order chi connectivity index (χ1) is 18.0. The molecule has 2 aliphatic heterocycles. The number of benzene rings is 2. The van der Waals surface area contributed by atoms with Crippen molar-refractivity contribution in [3.63, 3.8) is 0 Å². The molecule has 1 aromatic heterocycles. The second-order valence-electron chi connectivity index (χ2n) is 9.29. The topological polar surface area (TPSA) is 100 Å². The predicted molar refractivity (Wildman–Crippen MR) is 138 cm³/mol. The lowest BCUT2D eigenvalue weighted by Crippen LogP contribution is -2.44. The molecule has 191 valence electrons. The number of piperazine rings is 1. The third-order valence-electron chi connectivity index (χ3n) is 6.97. The summed E-state index contributed by atoms with van der Waals surface area (Å²) in [5.74, 6) is -0.332. The number of carbonyl (C=O) groups excluding carboxylic acids is 3. The van der Waals surface area contributed by atoms with Crippen LogP contribution in [0.5, 0.6) is 0 Å². The highest BCUT2D eigenvalue weighted by Gasteiger charge is 2.35. The number of aromatic nitrogens is 2. The van der Waals surface area contributed by atoms with Gasteiger partial charge in [-0.1, -0.05) is 30.3 Å². The second-order valence-corrected chi connectivity index (χ2v) is 9.29. The van der Waals surface area contributed by atoms with Crippen LogP contribution in [-0.2, 0) is 27.4 Å². The van der Waals surface area contributed by atoms with Gasteiger partial charge in [-0.25, -0.2) is 0 Å². The number of nitrogens with one attached hydrogen (secondary N) is 1. The van der Waals surface area contributed by atoms with Crippen LogP contribution in [0, 0.1) is 0 Å². The van der Waals surface area contributed by atoms with Crippen LogP contribution in [0.2, 0.25) is 0 Å². The van der Waals surface area contributed by atoms with E-state index in [2.05, 4.69) is 27.3 Å². The van der Waals surface area contributed by atoms with Crippen LogP contribution in [0.4, 0.5) is 11.5 Å². The number of nitrogens with zero attached hydrogens (tertiary/aromatic N) is 5. The van der Waals surface area contributed by atoms with E-state index in [-0.39, 0.29) is 30.7 Å². The average Bonchev–Trinajstić information content (AvgIpc) is 3.50. The molecule has 3 aromatic rings. The van der Waals surface area contributed by atoms with Gasteiger partial charge in [0.25, 0.3) is 11.8 Å². The summed E-state index contributed by atoms with van der Waals surface area (Å²) in [4.78, 5) is 44.0. The molecule has 0 bridgehead atoms. The molecular formula is C27H29N6O4. The normalized spacial score (nSPS) is 16.4. The van der Waals surface area contributed by atoms with Gasteiger partial charge in [0, 0.05) is 50.1 Å². The Morgan fingerprint density at radius 1 is 1.00 bits per heavy atom. The molecule has 1 atom stereocenters. The number of fused-ring (bicyclic) bond motifs is 1. The zero-order valence-electron chi connectivity index (χ0n) is 20.9. The number of carbonyl (C=O) groups is 2. The smallest absolute Gasteiger partial charge is 0.338 e. The standard InChI is InChI=1S/C27H29N6O4/c1-30-12-14-31(15-13-30)21-10-8-20(9-11-21)26(35)28-25-22-16-32(17-23(22)33(18-34)29-25)27(36)24(37-2)19-6-4-3-5-7-19/h3-11,24H,12-17H2,1-2H3,(H,28,29,35)/t24-/m1/s1. The highest BCUT2D eigenvalue weighted by Crippen LogP contribution is 2.32. The SMILES string of the molecule is CO[C@@H](C(=O)N1Cc2c(NC(=O)c3ccc(N4CCN(C)CC4)cc3)nn([C]=O)c2C1)c1ccccc1. The summed E-state index contributed by atoms with van der Waals surface area (Å²) in [7, 11) is 3.60. The second kappa shape index (κ2) is 10.5. The van der Waals surface area contributed by atoms with E-state index in [4.69, 9.17) is 4.74 Å². The van der Waals surface area contributed by atoms with Crippen LogP contribution in [0.15, 0.2) is 54.6 Å². The van der Waals surface area contributed by atoms with Crippen LogP contribution in [0.1, 0.15) is 33.3 Å². The van der Waals surface area contributed by atoms with Crippen LogP contribution < -0.4 is 10.2 Å². The maximum Gasteiger partial charge on any atom is 0.338 e. The van der Waals surface area contributed by atoms with E-state index < -0.39 is 6.10 Å². The Labute approximate surface area is 215 Å². The fourth-order valence-corrected chi connectivity index (χ4v) is 4.81. The molecular weight excluding hydrogens is 472 g/mol. The van der Waals surface area contributed by atoms with E-state index in [0.29, 0.717) is 16.8 Å². The van der Waals surface area contributed by atoms with Crippen molar-refractivity contribution in [1.29, 1.82) is 0 Å². The molecule has 1 fully saturated rings. The Bertz CT molecular complexity index is 1280. The van der Waals surface area contributed by atoms with Crippen LogP contribution in [0.3, 0.4) is 0 Å². The van der Waals surface area contributed by atoms with Gasteiger partial charge in [-0.2, -0.15) is 4.68 Å². The Morgan fingerprint density at radius 2 is 1.70 bits per heavy atom. The first-order valence-corrected chi connectivity index (χ1v) is 12.2. The molecule has 2 amide bonds. The van der Waals surface area contributed by atoms with Gasteiger partial charge in [-0.15, -0.1) is 5.10 Å². The average molecular weight is 502 g/mol. The first kappa shape index (κ1) is 24.7. The lowest BCUT2D eigenvalue weighted by Gasteiger charge is -2.34. The molecule has 2 aromatic carbocycles. The monoisotopic (exact) mass is 501 g/mol. The molecule has 10 nitrogen and oxygen atoms in total. The van der Waals surface area contributed by atoms with Crippen LogP contribution >= 0.6 is 0 Å². The fourth-order valence-electron chi connectivity index (χ4n) is 4.81. The zero-order chi connectivity index (χ0) is 25.9. The number of amides is 2. The van der Waals surface area contributed by atoms with E-state index in [1.54, 1.807) is 23.4 Å². The van der Waals surface area contributed by atoms with Gasteiger partial charge in [0.1, 0.15) is 0 Å². The Balaban J connectivity index is 1.29. The lowest BCUT2D eigenvalue weighted by atomic mass is 10.1. The highest BCUT2D eigenvalue weighted by atomic mass is 16.5. The molecule has 0 spiro atoms. The van der Waals surface area contributed by atoms with Crippen LogP contribution in [0.25, 0.3) is 0 Å². The Hall–Kier alpha value is -4.02. The number of ether oxygens (including phenoxy) is 1. The number of likely N-dealkylation sites (N-methyl/N-ethyl adjacent to an activating group) is 1. The summed E-state index contributed by atoms with van der Waals surface area (Å²) in [5.41, 5.74) is 3.42. The van der Waals surface area contributed by atoms with Crippen molar-refractivity contribution >= 4 is 29.7 Å². The largest absolute Gasteiger partial charge is 0.369 e. The minimum absolute atomic E-state index is 0.165. The number of hydrogen-bond donors (Lipinski definition) is 1. The van der Waals surface area contributed by atoms with E-state index in [0.717, 1.165) is 42.1 Å². The van der Waals surface area contributed by atoms with Crippen molar-refractivity contribution in [3.8, 4) is 0 Å². The van der Waals surface area contributed by atoms with E-state index in [1.807, 2.05) is 42.5 Å². The summed E-state index contributed by atoms with van der Waals surface area (Å²) in [6.45, 7) is 4.24. The van der Waals surface area contributed by atoms with Gasteiger partial charge < -0.3 is 24.8 Å². The van der Waals surface area contributed by atoms with E-state index in [1.165, 1.54) is 7.11 Å². The van der Waals surface area contributed by atoms with Crippen molar-refractivity contribution in [2.75, 3.05) is 50.6 Å². The predicted octanol–water partition coefficient (Wildman–Crippen LogP) is 2.03. The minimum atomic E-state index is -0.774. The Morgan fingerprint density at radius 3 is 2.35 bits per heavy atom. The molecule has 0 unspecified atom stereocenters. The van der Waals surface area contributed by atoms with Gasteiger partial charge in [-0.05, 0) is 36.9 Å². The summed E-state index contributed by atoms with van der Waals surface area (Å²) >= 11 is 0. The van der Waals surface area contributed by atoms with Crippen molar-refractivity contribution < 1.29 is 19.1 Å². The maximum absolute atomic E-state index is 13.3. The number of methoxy groups -OCH3 is 1. The van der Waals surface area contributed by atoms with E-state index in [9.17, 15) is 14.4 Å². The quantitative estimate of drug-likeness (QED) is 0.529. The summed E-state index contributed by atoms with van der Waals surface area (Å²) < 4.78 is 6.54. The third kappa shape index (κ3) is 4.98. The molecule has 0 aliphatic carbocycles. The van der Waals surface area contributed by atoms with Gasteiger partial charge in [-0.3, -0.25) is 14.4 Å². The number of rotatable bonds is 7. The van der Waals surface area contributed by atoms with Crippen LogP contribution in [-0.4, -0.2) is 78.1 Å². The minimum Gasteiger partial charge on any atom is -0.369 e. The van der Waals surface area contributed by atoms with Crippen molar-refractivity contribution in [1.82, 2.24) is 19.6 Å². The summed E-state index contributed by atoms with van der Waals surface area (Å²) in [5, 5.41) is 7.02. The highest BCUT2D eigenvalue weighted by molar-refractivity contribution is 6.04. The number of anilines is 2. The Kier molecular flexibility index (Phi) is 7.02.